The van der Waals surface area contributed by atoms with Crippen LogP contribution in [0.15, 0.2) is 18.2 Å². The minimum Gasteiger partial charge on any atom is -0.454 e. The summed E-state index contributed by atoms with van der Waals surface area (Å²) in [4.78, 5) is 0. The monoisotopic (exact) mass is 235 g/mol. The van der Waals surface area contributed by atoms with Crippen LogP contribution in [0.2, 0.25) is 0 Å². The molecule has 0 saturated heterocycles. The van der Waals surface area contributed by atoms with Crippen LogP contribution >= 0.6 is 0 Å². The van der Waals surface area contributed by atoms with Gasteiger partial charge in [0.25, 0.3) is 0 Å². The van der Waals surface area contributed by atoms with Crippen LogP contribution < -0.4 is 14.8 Å². The highest BCUT2D eigenvalue weighted by atomic mass is 16.7. The van der Waals surface area contributed by atoms with Crippen molar-refractivity contribution >= 4 is 0 Å². The van der Waals surface area contributed by atoms with Gasteiger partial charge < -0.3 is 19.5 Å². The van der Waals surface area contributed by atoms with E-state index in [9.17, 15) is 0 Å². The molecule has 0 amide bonds. The highest BCUT2D eigenvalue weighted by Gasteiger charge is 2.28. The first-order valence-corrected chi connectivity index (χ1v) is 6.00. The third-order valence-corrected chi connectivity index (χ3v) is 3.49. The first-order chi connectivity index (χ1) is 8.36. The summed E-state index contributed by atoms with van der Waals surface area (Å²) in [6.45, 7) is 1.16. The van der Waals surface area contributed by atoms with E-state index in [1.54, 1.807) is 7.11 Å². The minimum absolute atomic E-state index is 0.335. The number of fused-ring (bicyclic) bond motifs is 1. The molecular formula is C13H17NO3. The third kappa shape index (κ3) is 2.10. The molecule has 1 aromatic rings. The number of para-hydroxylation sites is 1. The van der Waals surface area contributed by atoms with E-state index >= 15 is 0 Å². The lowest BCUT2D eigenvalue weighted by molar-refractivity contribution is 0.0169. The van der Waals surface area contributed by atoms with Gasteiger partial charge in [0, 0.05) is 25.3 Å². The van der Waals surface area contributed by atoms with Crippen molar-refractivity contribution in [3.05, 3.63) is 23.8 Å². The SMILES string of the molecule is COC1CC(NCc2cccc3c2OCO3)C1. The van der Waals surface area contributed by atoms with Crippen LogP contribution in [0.5, 0.6) is 11.5 Å². The van der Waals surface area contributed by atoms with Gasteiger partial charge in [-0.05, 0) is 18.9 Å². The van der Waals surface area contributed by atoms with Crippen molar-refractivity contribution in [3.63, 3.8) is 0 Å². The summed E-state index contributed by atoms with van der Waals surface area (Å²) in [6, 6.07) is 6.59. The van der Waals surface area contributed by atoms with Crippen LogP contribution in [0.25, 0.3) is 0 Å². The zero-order chi connectivity index (χ0) is 11.7. The molecule has 0 atom stereocenters. The second-order valence-electron chi connectivity index (χ2n) is 4.56. The summed E-state index contributed by atoms with van der Waals surface area (Å²) < 4.78 is 16.1. The van der Waals surface area contributed by atoms with Crippen LogP contribution in [0.3, 0.4) is 0 Å². The molecule has 0 unspecified atom stereocenters. The van der Waals surface area contributed by atoms with Gasteiger partial charge in [0.15, 0.2) is 11.5 Å². The Morgan fingerprint density at radius 2 is 2.24 bits per heavy atom. The highest BCUT2D eigenvalue weighted by molar-refractivity contribution is 5.48. The van der Waals surface area contributed by atoms with E-state index in [1.807, 2.05) is 12.1 Å². The average molecular weight is 235 g/mol. The molecular weight excluding hydrogens is 218 g/mol. The van der Waals surface area contributed by atoms with Crippen LogP contribution in [0, 0.1) is 0 Å². The summed E-state index contributed by atoms with van der Waals surface area (Å²) in [5.74, 6) is 1.75. The number of hydrogen-bond donors (Lipinski definition) is 1. The van der Waals surface area contributed by atoms with E-state index in [2.05, 4.69) is 11.4 Å². The van der Waals surface area contributed by atoms with E-state index in [4.69, 9.17) is 14.2 Å². The molecule has 3 rings (SSSR count). The van der Waals surface area contributed by atoms with Crippen LogP contribution in [-0.4, -0.2) is 26.0 Å². The van der Waals surface area contributed by atoms with Crippen molar-refractivity contribution < 1.29 is 14.2 Å². The Hall–Kier alpha value is -1.26. The minimum atomic E-state index is 0.335. The van der Waals surface area contributed by atoms with Gasteiger partial charge in [-0.1, -0.05) is 12.1 Å². The van der Waals surface area contributed by atoms with Crippen LogP contribution in [0.1, 0.15) is 18.4 Å². The Morgan fingerprint density at radius 1 is 1.35 bits per heavy atom. The molecule has 0 bridgehead atoms. The number of hydrogen-bond acceptors (Lipinski definition) is 4. The molecule has 1 N–H and O–H groups in total. The maximum Gasteiger partial charge on any atom is 0.231 e. The maximum atomic E-state index is 5.47. The van der Waals surface area contributed by atoms with Gasteiger partial charge in [0.05, 0.1) is 6.10 Å². The fraction of sp³-hybridized carbons (Fsp3) is 0.538. The van der Waals surface area contributed by atoms with Crippen molar-refractivity contribution in [1.29, 1.82) is 0 Å². The fourth-order valence-corrected chi connectivity index (χ4v) is 2.31. The van der Waals surface area contributed by atoms with E-state index in [1.165, 1.54) is 5.56 Å². The molecule has 4 nitrogen and oxygen atoms in total. The third-order valence-electron chi connectivity index (χ3n) is 3.49. The summed E-state index contributed by atoms with van der Waals surface area (Å²) in [7, 11) is 1.77. The van der Waals surface area contributed by atoms with Gasteiger partial charge in [0.2, 0.25) is 6.79 Å². The Labute approximate surface area is 101 Å². The van der Waals surface area contributed by atoms with Gasteiger partial charge in [0.1, 0.15) is 0 Å². The first-order valence-electron chi connectivity index (χ1n) is 6.00. The number of methoxy groups -OCH3 is 1. The van der Waals surface area contributed by atoms with Crippen molar-refractivity contribution in [2.45, 2.75) is 31.5 Å². The lowest BCUT2D eigenvalue weighted by atomic mass is 9.89. The Kier molecular flexibility index (Phi) is 2.91. The molecule has 1 aliphatic carbocycles. The topological polar surface area (TPSA) is 39.7 Å². The second-order valence-corrected chi connectivity index (χ2v) is 4.56. The lowest BCUT2D eigenvalue weighted by Crippen LogP contribution is -2.44. The van der Waals surface area contributed by atoms with Gasteiger partial charge in [-0.25, -0.2) is 0 Å². The Balaban J connectivity index is 1.57. The fourth-order valence-electron chi connectivity index (χ4n) is 2.31. The van der Waals surface area contributed by atoms with Crippen molar-refractivity contribution in [2.75, 3.05) is 13.9 Å². The quantitative estimate of drug-likeness (QED) is 0.862. The van der Waals surface area contributed by atoms with E-state index in [0.29, 0.717) is 18.9 Å². The molecule has 92 valence electrons. The zero-order valence-electron chi connectivity index (χ0n) is 9.94. The summed E-state index contributed by atoms with van der Waals surface area (Å²) in [5, 5.41) is 3.51. The molecule has 0 radical (unpaired) electrons. The first kappa shape index (κ1) is 10.9. The van der Waals surface area contributed by atoms with Crippen molar-refractivity contribution in [1.82, 2.24) is 5.32 Å². The van der Waals surface area contributed by atoms with Gasteiger partial charge in [-0.15, -0.1) is 0 Å². The Morgan fingerprint density at radius 3 is 3.06 bits per heavy atom. The molecule has 2 aliphatic rings. The molecule has 1 aromatic carbocycles. The summed E-state index contributed by atoms with van der Waals surface area (Å²) in [6.07, 6.45) is 2.64. The standard InChI is InChI=1S/C13H17NO3/c1-15-11-5-10(6-11)14-7-9-3-2-4-12-13(9)17-8-16-12/h2-4,10-11,14H,5-8H2,1H3. The van der Waals surface area contributed by atoms with Gasteiger partial charge in [-0.2, -0.15) is 0 Å². The van der Waals surface area contributed by atoms with E-state index in [0.717, 1.165) is 30.9 Å². The van der Waals surface area contributed by atoms with E-state index in [-0.39, 0.29) is 0 Å². The predicted octanol–water partition coefficient (Wildman–Crippen LogP) is 1.68. The number of nitrogens with one attached hydrogen (secondary N) is 1. The summed E-state index contributed by atoms with van der Waals surface area (Å²) >= 11 is 0. The van der Waals surface area contributed by atoms with Crippen molar-refractivity contribution in [3.8, 4) is 11.5 Å². The molecule has 17 heavy (non-hydrogen) atoms. The van der Waals surface area contributed by atoms with Crippen LogP contribution in [-0.2, 0) is 11.3 Å². The molecule has 0 spiro atoms. The maximum absolute atomic E-state index is 5.47. The number of rotatable bonds is 4. The highest BCUT2D eigenvalue weighted by Crippen LogP contribution is 2.35. The summed E-state index contributed by atoms with van der Waals surface area (Å²) in [5.41, 5.74) is 1.17. The Bertz CT molecular complexity index is 402. The molecule has 0 aromatic heterocycles. The lowest BCUT2D eigenvalue weighted by Gasteiger charge is -2.34. The van der Waals surface area contributed by atoms with Gasteiger partial charge >= 0.3 is 0 Å². The molecule has 1 heterocycles. The smallest absolute Gasteiger partial charge is 0.231 e. The second kappa shape index (κ2) is 4.55. The number of benzene rings is 1. The molecule has 1 aliphatic heterocycles. The normalized spacial score (nSPS) is 25.7. The molecule has 1 saturated carbocycles. The predicted molar refractivity (Wildman–Crippen MR) is 63.2 cm³/mol. The van der Waals surface area contributed by atoms with Crippen molar-refractivity contribution in [2.24, 2.45) is 0 Å². The zero-order valence-corrected chi connectivity index (χ0v) is 9.94. The largest absolute Gasteiger partial charge is 0.454 e. The van der Waals surface area contributed by atoms with E-state index < -0.39 is 0 Å². The van der Waals surface area contributed by atoms with Gasteiger partial charge in [-0.3, -0.25) is 0 Å². The number of ether oxygens (including phenoxy) is 3. The molecule has 1 fully saturated rings. The average Bonchev–Trinajstić information content (AvgIpc) is 2.76. The van der Waals surface area contributed by atoms with Crippen LogP contribution in [0.4, 0.5) is 0 Å². The molecule has 4 heteroatoms.